The zero-order chi connectivity index (χ0) is 25.9. The number of aromatic hydroxyl groups is 1. The summed E-state index contributed by atoms with van der Waals surface area (Å²) in [7, 11) is 0. The molecule has 0 atom stereocenters. The summed E-state index contributed by atoms with van der Waals surface area (Å²) >= 11 is 3.62. The van der Waals surface area contributed by atoms with Crippen LogP contribution in [0.25, 0.3) is 5.69 Å². The number of aromatic carboxylic acids is 1. The van der Waals surface area contributed by atoms with Crippen molar-refractivity contribution >= 4 is 33.8 Å². The number of hydrogen-bond acceptors (Lipinski definition) is 5. The molecule has 3 N–H and O–H groups in total. The maximum Gasteiger partial charge on any atom is 0.335 e. The van der Waals surface area contributed by atoms with Crippen molar-refractivity contribution in [3.63, 3.8) is 0 Å². The molecule has 7 rings (SSSR count). The molecule has 37 heavy (non-hydrogen) atoms. The van der Waals surface area contributed by atoms with Crippen molar-refractivity contribution in [2.45, 2.75) is 43.9 Å². The smallest absolute Gasteiger partial charge is 0.335 e. The van der Waals surface area contributed by atoms with Crippen molar-refractivity contribution in [2.75, 3.05) is 0 Å². The second-order valence-electron chi connectivity index (χ2n) is 10.8. The van der Waals surface area contributed by atoms with Crippen LogP contribution in [0.1, 0.15) is 60.0 Å². The minimum Gasteiger partial charge on any atom is -0.493 e. The van der Waals surface area contributed by atoms with Crippen LogP contribution in [0.4, 0.5) is 5.69 Å². The Morgan fingerprint density at radius 1 is 1.03 bits per heavy atom. The van der Waals surface area contributed by atoms with Crippen LogP contribution >= 0.6 is 15.9 Å². The Balaban J connectivity index is 1.35. The number of carboxylic acid groups (broad SMARTS) is 1. The SMILES string of the molecule is O=C(O)c1ccc(N=Cc2c(O)n(-c3ccc(C45CC6CC(CC(C6)C4)C5)cc3Br)c(=O)[nH]c2=O)cc1. The maximum absolute atomic E-state index is 12.8. The molecule has 190 valence electrons. The molecule has 0 aliphatic heterocycles. The summed E-state index contributed by atoms with van der Waals surface area (Å²) in [4.78, 5) is 42.8. The molecule has 9 heteroatoms. The van der Waals surface area contributed by atoms with E-state index in [0.29, 0.717) is 15.8 Å². The number of nitrogens with zero attached hydrogens (tertiary/aromatic N) is 2. The molecule has 3 aromatic rings. The van der Waals surface area contributed by atoms with E-state index in [4.69, 9.17) is 5.11 Å². The van der Waals surface area contributed by atoms with E-state index in [1.54, 1.807) is 0 Å². The van der Waals surface area contributed by atoms with Gasteiger partial charge in [-0.1, -0.05) is 6.07 Å². The van der Waals surface area contributed by atoms with Crippen LogP contribution in [-0.2, 0) is 5.41 Å². The highest BCUT2D eigenvalue weighted by atomic mass is 79.9. The summed E-state index contributed by atoms with van der Waals surface area (Å²) in [5.41, 5.74) is 0.664. The van der Waals surface area contributed by atoms with Crippen molar-refractivity contribution in [3.8, 4) is 11.6 Å². The Bertz CT molecular complexity index is 1520. The van der Waals surface area contributed by atoms with E-state index >= 15 is 0 Å². The van der Waals surface area contributed by atoms with Crippen molar-refractivity contribution in [1.82, 2.24) is 9.55 Å². The second kappa shape index (κ2) is 8.83. The van der Waals surface area contributed by atoms with E-state index in [1.165, 1.54) is 68.4 Å². The van der Waals surface area contributed by atoms with E-state index < -0.39 is 23.1 Å². The van der Waals surface area contributed by atoms with Crippen molar-refractivity contribution in [2.24, 2.45) is 22.7 Å². The van der Waals surface area contributed by atoms with Gasteiger partial charge in [0.15, 0.2) is 0 Å². The molecular weight excluding hydrogens is 538 g/mol. The first-order valence-electron chi connectivity index (χ1n) is 12.5. The van der Waals surface area contributed by atoms with Crippen LogP contribution in [0.2, 0.25) is 0 Å². The molecule has 4 aliphatic rings. The van der Waals surface area contributed by atoms with Gasteiger partial charge in [-0.2, -0.15) is 0 Å². The molecule has 4 aliphatic carbocycles. The Labute approximate surface area is 220 Å². The zero-order valence-corrected chi connectivity index (χ0v) is 21.6. The number of benzene rings is 2. The van der Waals surface area contributed by atoms with Crippen molar-refractivity contribution < 1.29 is 15.0 Å². The molecule has 4 fully saturated rings. The van der Waals surface area contributed by atoms with E-state index in [9.17, 15) is 19.5 Å². The van der Waals surface area contributed by atoms with Gasteiger partial charge in [-0.3, -0.25) is 14.8 Å². The number of hydrogen-bond donors (Lipinski definition) is 3. The van der Waals surface area contributed by atoms with Gasteiger partial charge < -0.3 is 10.2 Å². The molecular formula is C28H26BrN3O5. The van der Waals surface area contributed by atoms with Crippen LogP contribution in [0.3, 0.4) is 0 Å². The third-order valence-electron chi connectivity index (χ3n) is 8.42. The van der Waals surface area contributed by atoms with Crippen molar-refractivity contribution in [3.05, 3.63) is 84.5 Å². The normalized spacial score (nSPS) is 26.1. The molecule has 4 saturated carbocycles. The molecule has 4 bridgehead atoms. The highest BCUT2D eigenvalue weighted by molar-refractivity contribution is 9.10. The summed E-state index contributed by atoms with van der Waals surface area (Å²) in [6.07, 6.45) is 8.86. The van der Waals surface area contributed by atoms with Gasteiger partial charge in [-0.05, 0) is 120 Å². The average molecular weight is 564 g/mol. The monoisotopic (exact) mass is 563 g/mol. The fourth-order valence-corrected chi connectivity index (χ4v) is 7.75. The number of aromatic nitrogens is 2. The first kappa shape index (κ1) is 23.9. The predicted molar refractivity (Wildman–Crippen MR) is 143 cm³/mol. The quantitative estimate of drug-likeness (QED) is 0.380. The standard InChI is InChI=1S/C28H26BrN3O5/c29-22-10-19(28-11-15-7-16(12-28)9-17(8-15)13-28)3-6-23(22)32-25(34)21(24(33)31-27(32)37)14-30-20-4-1-18(2-5-20)26(35)36/h1-6,10,14-17,34H,7-9,11-13H2,(H,35,36)(H,31,33,37). The predicted octanol–water partition coefficient (Wildman–Crippen LogP) is 4.91. The highest BCUT2D eigenvalue weighted by Crippen LogP contribution is 2.60. The molecule has 0 unspecified atom stereocenters. The molecule has 2 aromatic carbocycles. The van der Waals surface area contributed by atoms with Crippen LogP contribution in [0.5, 0.6) is 5.88 Å². The largest absolute Gasteiger partial charge is 0.493 e. The Hall–Kier alpha value is -3.46. The Morgan fingerprint density at radius 3 is 2.22 bits per heavy atom. The van der Waals surface area contributed by atoms with Crippen LogP contribution in [-0.4, -0.2) is 31.9 Å². The van der Waals surface area contributed by atoms with Crippen LogP contribution < -0.4 is 11.2 Å². The van der Waals surface area contributed by atoms with Crippen molar-refractivity contribution in [1.29, 1.82) is 0 Å². The maximum atomic E-state index is 12.8. The lowest BCUT2D eigenvalue weighted by Gasteiger charge is -2.57. The summed E-state index contributed by atoms with van der Waals surface area (Å²) in [5.74, 6) is 0.826. The molecule has 0 spiro atoms. The number of halogens is 1. The molecule has 0 saturated heterocycles. The Morgan fingerprint density at radius 2 is 1.65 bits per heavy atom. The van der Waals surface area contributed by atoms with Crippen LogP contribution in [0.15, 0.2) is 61.5 Å². The van der Waals surface area contributed by atoms with Gasteiger partial charge >= 0.3 is 11.7 Å². The van der Waals surface area contributed by atoms with Gasteiger partial charge in [0.2, 0.25) is 5.88 Å². The molecule has 1 heterocycles. The number of rotatable bonds is 5. The fraction of sp³-hybridized carbons (Fsp3) is 0.357. The first-order chi connectivity index (χ1) is 17.7. The van der Waals surface area contributed by atoms with Gasteiger partial charge in [-0.25, -0.2) is 14.2 Å². The minimum absolute atomic E-state index is 0.107. The number of H-pyrrole nitrogens is 1. The number of nitrogens with one attached hydrogen (secondary N) is 1. The average Bonchev–Trinajstić information content (AvgIpc) is 2.84. The number of carboxylic acids is 1. The Kier molecular flexibility index (Phi) is 5.71. The number of aromatic amines is 1. The van der Waals surface area contributed by atoms with E-state index in [1.807, 2.05) is 6.07 Å². The minimum atomic E-state index is -1.06. The third kappa shape index (κ3) is 4.15. The van der Waals surface area contributed by atoms with Gasteiger partial charge in [0.25, 0.3) is 5.56 Å². The summed E-state index contributed by atoms with van der Waals surface area (Å²) in [5, 5.41) is 20.0. The summed E-state index contributed by atoms with van der Waals surface area (Å²) in [6.45, 7) is 0. The fourth-order valence-electron chi connectivity index (χ4n) is 7.19. The number of aliphatic imine (C=N–C) groups is 1. The topological polar surface area (TPSA) is 125 Å². The molecule has 8 nitrogen and oxygen atoms in total. The lowest BCUT2D eigenvalue weighted by molar-refractivity contribution is -0.00521. The van der Waals surface area contributed by atoms with Gasteiger partial charge in [0.1, 0.15) is 5.56 Å². The molecule has 0 amide bonds. The van der Waals surface area contributed by atoms with E-state index in [2.05, 4.69) is 38.0 Å². The molecule has 0 radical (unpaired) electrons. The highest BCUT2D eigenvalue weighted by Gasteiger charge is 2.51. The lowest BCUT2D eigenvalue weighted by Crippen LogP contribution is -2.48. The lowest BCUT2D eigenvalue weighted by atomic mass is 9.48. The number of carbonyl (C=O) groups is 1. The van der Waals surface area contributed by atoms with Gasteiger partial charge in [0, 0.05) is 10.7 Å². The summed E-state index contributed by atoms with van der Waals surface area (Å²) in [6, 6.07) is 11.7. The van der Waals surface area contributed by atoms with Gasteiger partial charge in [-0.15, -0.1) is 0 Å². The first-order valence-corrected chi connectivity index (χ1v) is 13.3. The van der Waals surface area contributed by atoms with E-state index in [0.717, 1.165) is 28.5 Å². The third-order valence-corrected chi connectivity index (χ3v) is 9.05. The molecule has 1 aromatic heterocycles. The van der Waals surface area contributed by atoms with Crippen LogP contribution in [0, 0.1) is 17.8 Å². The zero-order valence-electron chi connectivity index (χ0n) is 20.0. The van der Waals surface area contributed by atoms with E-state index in [-0.39, 0.29) is 16.5 Å². The van der Waals surface area contributed by atoms with Gasteiger partial charge in [0.05, 0.1) is 16.9 Å². The summed E-state index contributed by atoms with van der Waals surface area (Å²) < 4.78 is 1.72. The second-order valence-corrected chi connectivity index (χ2v) is 11.7.